The van der Waals surface area contributed by atoms with Crippen LogP contribution in [0.4, 0.5) is 0 Å². The van der Waals surface area contributed by atoms with Crippen LogP contribution in [-0.4, -0.2) is 105 Å². The van der Waals surface area contributed by atoms with E-state index in [1.807, 2.05) is 41.5 Å². The second kappa shape index (κ2) is 47.6. The van der Waals surface area contributed by atoms with Crippen LogP contribution in [0.5, 0.6) is 0 Å². The van der Waals surface area contributed by atoms with Gasteiger partial charge in [0.05, 0.1) is 56.9 Å². The molecule has 0 bridgehead atoms. The first-order valence-corrected chi connectivity index (χ1v) is 16.4. The molecule has 262 valence electrons. The summed E-state index contributed by atoms with van der Waals surface area (Å²) in [6, 6.07) is 0. The molecule has 0 aromatic rings. The molecule has 8 heteroatoms. The summed E-state index contributed by atoms with van der Waals surface area (Å²) in [6.45, 7) is 30.9. The van der Waals surface area contributed by atoms with Crippen molar-refractivity contribution in [3.63, 3.8) is 0 Å². The Labute approximate surface area is 264 Å². The van der Waals surface area contributed by atoms with E-state index >= 15 is 0 Å². The van der Waals surface area contributed by atoms with Gasteiger partial charge in [-0.1, -0.05) is 20.3 Å². The van der Waals surface area contributed by atoms with Crippen LogP contribution in [-0.2, 0) is 37.9 Å². The maximum absolute atomic E-state index is 5.40. The van der Waals surface area contributed by atoms with Crippen LogP contribution in [0.2, 0.25) is 0 Å². The van der Waals surface area contributed by atoms with E-state index in [0.29, 0.717) is 56.9 Å². The van der Waals surface area contributed by atoms with Crippen LogP contribution in [0.15, 0.2) is 0 Å². The molecule has 0 aromatic heterocycles. The predicted molar refractivity (Wildman–Crippen MR) is 180 cm³/mol. The first kappa shape index (κ1) is 51.3. The van der Waals surface area contributed by atoms with Crippen LogP contribution >= 0.6 is 0 Å². The monoisotopic (exact) mass is 615 g/mol. The minimum Gasteiger partial charge on any atom is -0.385 e. The van der Waals surface area contributed by atoms with Crippen molar-refractivity contribution in [1.82, 2.24) is 0 Å². The molecular formula is C34H78O8. The molecule has 0 amide bonds. The molecule has 0 fully saturated rings. The summed E-state index contributed by atoms with van der Waals surface area (Å²) in [5.41, 5.74) is 0. The van der Waals surface area contributed by atoms with Crippen molar-refractivity contribution in [2.75, 3.05) is 74.2 Å². The Morgan fingerprint density at radius 1 is 0.357 bits per heavy atom. The molecule has 0 aliphatic carbocycles. The van der Waals surface area contributed by atoms with Crippen LogP contribution in [0.3, 0.4) is 0 Å². The standard InChI is InChI=1S/C11H24O3.C7H16O.C6H14O2.C6H14O.C4H10O/c1-11(2)14-10-9-13-8-6-4-5-7-12-3;1-4-5-6-8-7(2)3;1-6(2)8-5-4-7-3;1-4-5-7-6(2)3;1-4(2)5-3/h11H,4-10H2,1-3H3;7H,4-6H2,1-3H3;6H,4-5H2,1-3H3;6H,4-5H2,1-3H3;4H,1-3H3. The molecule has 0 aliphatic heterocycles. The molecule has 0 saturated heterocycles. The molecule has 42 heavy (non-hydrogen) atoms. The summed E-state index contributed by atoms with van der Waals surface area (Å²) in [7, 11) is 5.11. The molecule has 0 heterocycles. The topological polar surface area (TPSA) is 73.8 Å². The lowest BCUT2D eigenvalue weighted by Crippen LogP contribution is -2.10. The number of rotatable bonds is 22. The van der Waals surface area contributed by atoms with Crippen LogP contribution in [0.25, 0.3) is 0 Å². The normalized spacial score (nSPS) is 10.6. The molecular weight excluding hydrogens is 536 g/mol. The molecule has 0 spiro atoms. The fourth-order valence-electron chi connectivity index (χ4n) is 2.26. The van der Waals surface area contributed by atoms with Gasteiger partial charge in [0.1, 0.15) is 0 Å². The minimum absolute atomic E-state index is 0.306. The van der Waals surface area contributed by atoms with Gasteiger partial charge in [0.15, 0.2) is 0 Å². The lowest BCUT2D eigenvalue weighted by Gasteiger charge is -2.07. The Balaban J connectivity index is -0.000000143. The van der Waals surface area contributed by atoms with Gasteiger partial charge in [-0.15, -0.1) is 0 Å². The summed E-state index contributed by atoms with van der Waals surface area (Å²) >= 11 is 0. The van der Waals surface area contributed by atoms with Crippen molar-refractivity contribution in [2.45, 2.75) is 152 Å². The molecule has 0 atom stereocenters. The summed E-state index contributed by atoms with van der Waals surface area (Å²) in [4.78, 5) is 0. The average Bonchev–Trinajstić information content (AvgIpc) is 2.92. The summed E-state index contributed by atoms with van der Waals surface area (Å²) in [5.74, 6) is 0. The second-order valence-corrected chi connectivity index (χ2v) is 11.0. The summed E-state index contributed by atoms with van der Waals surface area (Å²) < 4.78 is 40.8. The van der Waals surface area contributed by atoms with Gasteiger partial charge in [-0.2, -0.15) is 0 Å². The Bertz CT molecular complexity index is 391. The van der Waals surface area contributed by atoms with E-state index in [2.05, 4.69) is 41.5 Å². The third kappa shape index (κ3) is 83.4. The van der Waals surface area contributed by atoms with Crippen molar-refractivity contribution in [2.24, 2.45) is 0 Å². The predicted octanol–water partition coefficient (Wildman–Crippen LogP) is 8.38. The van der Waals surface area contributed by atoms with Gasteiger partial charge in [-0.25, -0.2) is 0 Å². The first-order chi connectivity index (χ1) is 19.9. The maximum atomic E-state index is 5.40. The van der Waals surface area contributed by atoms with E-state index in [4.69, 9.17) is 37.9 Å². The van der Waals surface area contributed by atoms with Crippen LogP contribution in [0, 0.1) is 0 Å². The third-order valence-electron chi connectivity index (χ3n) is 4.63. The van der Waals surface area contributed by atoms with Crippen molar-refractivity contribution >= 4 is 0 Å². The van der Waals surface area contributed by atoms with Crippen molar-refractivity contribution < 1.29 is 37.9 Å². The Morgan fingerprint density at radius 3 is 1.12 bits per heavy atom. The number of unbranched alkanes of at least 4 members (excludes halogenated alkanes) is 3. The highest BCUT2D eigenvalue weighted by Gasteiger charge is 1.94. The molecule has 0 N–H and O–H groups in total. The van der Waals surface area contributed by atoms with Gasteiger partial charge in [0.2, 0.25) is 0 Å². The third-order valence-corrected chi connectivity index (χ3v) is 4.63. The summed E-state index contributed by atoms with van der Waals surface area (Å²) in [5, 5.41) is 0. The molecule has 0 saturated carbocycles. The SMILES string of the molecule is CCCCOC(C)C.CCCOC(C)C.COC(C)C.COCCCCCOCCOC(C)C.COCCOC(C)C. The molecule has 0 radical (unpaired) electrons. The molecule has 0 unspecified atom stereocenters. The average molecular weight is 615 g/mol. The number of ether oxygens (including phenoxy) is 8. The lowest BCUT2D eigenvalue weighted by atomic mass is 10.2. The lowest BCUT2D eigenvalue weighted by molar-refractivity contribution is 0.0184. The number of hydrogen-bond donors (Lipinski definition) is 0. The van der Waals surface area contributed by atoms with E-state index in [0.717, 1.165) is 45.7 Å². The highest BCUT2D eigenvalue weighted by atomic mass is 16.5. The smallest absolute Gasteiger partial charge is 0.0703 e. The fourth-order valence-corrected chi connectivity index (χ4v) is 2.26. The van der Waals surface area contributed by atoms with Gasteiger partial charge >= 0.3 is 0 Å². The minimum atomic E-state index is 0.306. The van der Waals surface area contributed by atoms with Gasteiger partial charge < -0.3 is 37.9 Å². The Morgan fingerprint density at radius 2 is 0.762 bits per heavy atom. The zero-order valence-corrected chi connectivity index (χ0v) is 31.1. The Kier molecular flexibility index (Phi) is 58.1. The quantitative estimate of drug-likeness (QED) is 0.113. The largest absolute Gasteiger partial charge is 0.385 e. The molecule has 0 rings (SSSR count). The van der Waals surface area contributed by atoms with Crippen molar-refractivity contribution in [3.05, 3.63) is 0 Å². The van der Waals surface area contributed by atoms with Gasteiger partial charge in [0.25, 0.3) is 0 Å². The van der Waals surface area contributed by atoms with Crippen LogP contribution in [0.1, 0.15) is 122 Å². The fraction of sp³-hybridized carbons (Fsp3) is 1.00. The van der Waals surface area contributed by atoms with E-state index in [9.17, 15) is 0 Å². The second-order valence-electron chi connectivity index (χ2n) is 11.0. The first-order valence-electron chi connectivity index (χ1n) is 16.4. The van der Waals surface area contributed by atoms with E-state index in [-0.39, 0.29) is 0 Å². The van der Waals surface area contributed by atoms with E-state index in [1.165, 1.54) is 19.3 Å². The maximum Gasteiger partial charge on any atom is 0.0703 e. The Hall–Kier alpha value is -0.320. The van der Waals surface area contributed by atoms with E-state index in [1.54, 1.807) is 21.3 Å². The van der Waals surface area contributed by atoms with Gasteiger partial charge in [-0.05, 0) is 101 Å². The zero-order chi connectivity index (χ0) is 33.4. The van der Waals surface area contributed by atoms with Gasteiger partial charge in [-0.3, -0.25) is 0 Å². The number of hydrogen-bond acceptors (Lipinski definition) is 8. The molecule has 8 nitrogen and oxygen atoms in total. The van der Waals surface area contributed by atoms with E-state index < -0.39 is 0 Å². The van der Waals surface area contributed by atoms with Gasteiger partial charge in [0, 0.05) is 47.8 Å². The highest BCUT2D eigenvalue weighted by molar-refractivity contribution is 4.41. The zero-order valence-electron chi connectivity index (χ0n) is 31.1. The van der Waals surface area contributed by atoms with Crippen molar-refractivity contribution in [3.8, 4) is 0 Å². The van der Waals surface area contributed by atoms with Crippen LogP contribution < -0.4 is 0 Å². The summed E-state index contributed by atoms with van der Waals surface area (Å²) in [6.07, 6.45) is 8.79. The number of methoxy groups -OCH3 is 3. The highest BCUT2D eigenvalue weighted by Crippen LogP contribution is 1.96. The molecule has 0 aliphatic rings. The molecule has 0 aromatic carbocycles. The van der Waals surface area contributed by atoms with Crippen molar-refractivity contribution in [1.29, 1.82) is 0 Å².